The number of rotatable bonds is 57. The molecule has 0 aliphatic heterocycles. The molecule has 1 atom stereocenters. The molecule has 0 amide bonds. The van der Waals surface area contributed by atoms with Gasteiger partial charge in [-0.1, -0.05) is 287 Å². The van der Waals surface area contributed by atoms with E-state index in [4.69, 9.17) is 14.2 Å². The Hall–Kier alpha value is -2.89. The molecule has 0 aliphatic carbocycles. The lowest BCUT2D eigenvalue weighted by Crippen LogP contribution is -2.30. The third kappa shape index (κ3) is 58.0. The van der Waals surface area contributed by atoms with Crippen molar-refractivity contribution in [2.45, 2.75) is 329 Å². The number of carbonyl (C=O) groups excluding carboxylic acids is 3. The van der Waals surface area contributed by atoms with Crippen molar-refractivity contribution in [3.63, 3.8) is 0 Å². The van der Waals surface area contributed by atoms with E-state index in [0.29, 0.717) is 19.3 Å². The third-order valence-electron chi connectivity index (χ3n) is 13.8. The summed E-state index contributed by atoms with van der Waals surface area (Å²) >= 11 is 0. The van der Waals surface area contributed by atoms with Gasteiger partial charge >= 0.3 is 17.9 Å². The number of ether oxygens (including phenoxy) is 3. The predicted octanol–water partition coefficient (Wildman–Crippen LogP) is 21.2. The summed E-state index contributed by atoms with van der Waals surface area (Å²) in [6.45, 7) is 6.55. The zero-order valence-corrected chi connectivity index (χ0v) is 47.9. The molecule has 0 spiro atoms. The van der Waals surface area contributed by atoms with Crippen LogP contribution in [0, 0.1) is 0 Å². The summed E-state index contributed by atoms with van der Waals surface area (Å²) in [5.74, 6) is -0.896. The highest BCUT2D eigenvalue weighted by Gasteiger charge is 2.19. The van der Waals surface area contributed by atoms with Gasteiger partial charge in [0.15, 0.2) is 6.10 Å². The first-order valence-corrected chi connectivity index (χ1v) is 31.3. The van der Waals surface area contributed by atoms with Crippen LogP contribution < -0.4 is 0 Å². The van der Waals surface area contributed by atoms with Gasteiger partial charge in [0.1, 0.15) is 13.2 Å². The van der Waals surface area contributed by atoms with E-state index in [-0.39, 0.29) is 31.1 Å². The standard InChI is InChI=1S/C66H118O6/c1-4-7-10-13-16-19-22-25-28-31-33-35-38-41-44-47-50-53-56-59-65(68)71-62-63(61-70-64(67)58-55-52-49-46-43-40-37-30-27-24-21-18-15-12-9-6-3)72-66(69)60-57-54-51-48-45-42-39-36-34-32-29-26-23-20-17-14-11-8-5-2/h7,10,16,19,25,28,30,37,40,43,63H,4-6,8-9,11-15,17-18,20-24,26-27,29,31-36,38-39,41-42,44-62H2,1-3H3/b10-7-,19-16-,28-25-,37-30-,43-40-. The molecule has 72 heavy (non-hydrogen) atoms. The number of hydrogen-bond acceptors (Lipinski definition) is 6. The Kier molecular flexibility index (Phi) is 58.2. The number of unbranched alkanes of at least 4 members (excludes halogenated alkanes) is 37. The minimum atomic E-state index is -0.786. The average molecular weight is 1010 g/mol. The van der Waals surface area contributed by atoms with Crippen molar-refractivity contribution in [2.24, 2.45) is 0 Å². The fourth-order valence-electron chi connectivity index (χ4n) is 9.10. The second-order valence-electron chi connectivity index (χ2n) is 21.0. The van der Waals surface area contributed by atoms with E-state index < -0.39 is 6.10 Å². The maximum Gasteiger partial charge on any atom is 0.306 e. The molecule has 6 heteroatoms. The van der Waals surface area contributed by atoms with Crippen LogP contribution in [0.1, 0.15) is 323 Å². The van der Waals surface area contributed by atoms with Crippen molar-refractivity contribution < 1.29 is 28.6 Å². The molecule has 0 saturated carbocycles. The van der Waals surface area contributed by atoms with Crippen molar-refractivity contribution in [3.8, 4) is 0 Å². The van der Waals surface area contributed by atoms with Crippen LogP contribution in [0.3, 0.4) is 0 Å². The number of hydrogen-bond donors (Lipinski definition) is 0. The molecule has 0 fully saturated rings. The van der Waals surface area contributed by atoms with Gasteiger partial charge in [0, 0.05) is 19.3 Å². The van der Waals surface area contributed by atoms with E-state index in [9.17, 15) is 14.4 Å². The van der Waals surface area contributed by atoms with Gasteiger partial charge < -0.3 is 14.2 Å². The van der Waals surface area contributed by atoms with Gasteiger partial charge in [-0.3, -0.25) is 14.4 Å². The molecule has 0 aromatic rings. The van der Waals surface area contributed by atoms with E-state index in [1.165, 1.54) is 193 Å². The van der Waals surface area contributed by atoms with Crippen LogP contribution in [-0.2, 0) is 28.6 Å². The highest BCUT2D eigenvalue weighted by molar-refractivity contribution is 5.71. The second-order valence-corrected chi connectivity index (χ2v) is 21.0. The molecule has 6 nitrogen and oxygen atoms in total. The van der Waals surface area contributed by atoms with Gasteiger partial charge in [0.25, 0.3) is 0 Å². The lowest BCUT2D eigenvalue weighted by Gasteiger charge is -2.18. The molecule has 0 bridgehead atoms. The molecule has 0 aromatic heterocycles. The molecule has 0 rings (SSSR count). The van der Waals surface area contributed by atoms with Crippen LogP contribution in [0.15, 0.2) is 60.8 Å². The largest absolute Gasteiger partial charge is 0.462 e. The highest BCUT2D eigenvalue weighted by Crippen LogP contribution is 2.17. The van der Waals surface area contributed by atoms with Crippen molar-refractivity contribution in [2.75, 3.05) is 13.2 Å². The first kappa shape index (κ1) is 69.1. The molecule has 0 aliphatic rings. The SMILES string of the molecule is CC/C=C\C/C=C\C/C=C\CCCCCCCCCCCC(=O)OCC(COC(=O)CCCCC/C=C\C=C/CCCCCCCCC)OC(=O)CCCCCCCCCCCCCCCCCCCCC. The predicted molar refractivity (Wildman–Crippen MR) is 312 cm³/mol. The van der Waals surface area contributed by atoms with Crippen molar-refractivity contribution in [1.82, 2.24) is 0 Å². The van der Waals surface area contributed by atoms with Gasteiger partial charge in [-0.2, -0.15) is 0 Å². The Morgan fingerprint density at radius 1 is 0.306 bits per heavy atom. The van der Waals surface area contributed by atoms with Gasteiger partial charge in [-0.05, 0) is 77.0 Å². The summed E-state index contributed by atoms with van der Waals surface area (Å²) in [6.07, 6.45) is 76.5. The van der Waals surface area contributed by atoms with Gasteiger partial charge in [-0.15, -0.1) is 0 Å². The highest BCUT2D eigenvalue weighted by atomic mass is 16.6. The summed E-state index contributed by atoms with van der Waals surface area (Å²) in [4.78, 5) is 38.3. The maximum absolute atomic E-state index is 12.9. The summed E-state index contributed by atoms with van der Waals surface area (Å²) in [5.41, 5.74) is 0. The van der Waals surface area contributed by atoms with Crippen LogP contribution in [0.25, 0.3) is 0 Å². The Morgan fingerprint density at radius 2 is 0.583 bits per heavy atom. The summed E-state index contributed by atoms with van der Waals surface area (Å²) in [7, 11) is 0. The third-order valence-corrected chi connectivity index (χ3v) is 13.8. The molecule has 0 heterocycles. The zero-order chi connectivity index (χ0) is 52.2. The van der Waals surface area contributed by atoms with E-state index in [0.717, 1.165) is 89.9 Å². The minimum Gasteiger partial charge on any atom is -0.462 e. The Labute approximate surface area is 447 Å². The number of allylic oxidation sites excluding steroid dienone is 10. The first-order chi connectivity index (χ1) is 35.5. The molecular formula is C66H118O6. The number of esters is 3. The molecule has 418 valence electrons. The molecule has 0 saturated heterocycles. The Balaban J connectivity index is 4.38. The van der Waals surface area contributed by atoms with E-state index >= 15 is 0 Å². The number of carbonyl (C=O) groups is 3. The van der Waals surface area contributed by atoms with Crippen molar-refractivity contribution in [3.05, 3.63) is 60.8 Å². The Morgan fingerprint density at radius 3 is 0.944 bits per heavy atom. The average Bonchev–Trinajstić information content (AvgIpc) is 3.38. The molecular weight excluding hydrogens is 889 g/mol. The zero-order valence-electron chi connectivity index (χ0n) is 47.9. The molecule has 0 aromatic carbocycles. The normalized spacial score (nSPS) is 12.4. The topological polar surface area (TPSA) is 78.9 Å². The Bertz CT molecular complexity index is 1290. The molecule has 0 N–H and O–H groups in total. The van der Waals surface area contributed by atoms with Crippen LogP contribution in [0.4, 0.5) is 0 Å². The smallest absolute Gasteiger partial charge is 0.306 e. The van der Waals surface area contributed by atoms with Crippen LogP contribution in [0.2, 0.25) is 0 Å². The molecule has 0 radical (unpaired) electrons. The second kappa shape index (κ2) is 60.7. The first-order valence-electron chi connectivity index (χ1n) is 31.3. The van der Waals surface area contributed by atoms with Crippen LogP contribution in [-0.4, -0.2) is 37.2 Å². The van der Waals surface area contributed by atoms with Gasteiger partial charge in [0.05, 0.1) is 0 Å². The van der Waals surface area contributed by atoms with Gasteiger partial charge in [0.2, 0.25) is 0 Å². The lowest BCUT2D eigenvalue weighted by molar-refractivity contribution is -0.167. The van der Waals surface area contributed by atoms with Crippen molar-refractivity contribution in [1.29, 1.82) is 0 Å². The monoisotopic (exact) mass is 1010 g/mol. The van der Waals surface area contributed by atoms with Gasteiger partial charge in [-0.25, -0.2) is 0 Å². The van der Waals surface area contributed by atoms with Crippen molar-refractivity contribution >= 4 is 17.9 Å². The molecule has 1 unspecified atom stereocenters. The summed E-state index contributed by atoms with van der Waals surface area (Å²) in [6, 6.07) is 0. The van der Waals surface area contributed by atoms with E-state index in [1.807, 2.05) is 0 Å². The summed E-state index contributed by atoms with van der Waals surface area (Å²) in [5, 5.41) is 0. The van der Waals surface area contributed by atoms with Crippen LogP contribution >= 0.6 is 0 Å². The fourth-order valence-corrected chi connectivity index (χ4v) is 9.10. The fraction of sp³-hybridized carbons (Fsp3) is 0.803. The summed E-state index contributed by atoms with van der Waals surface area (Å²) < 4.78 is 16.9. The maximum atomic E-state index is 12.9. The quantitative estimate of drug-likeness (QED) is 0.0199. The van der Waals surface area contributed by atoms with E-state index in [1.54, 1.807) is 0 Å². The van der Waals surface area contributed by atoms with Crippen LogP contribution in [0.5, 0.6) is 0 Å². The lowest BCUT2D eigenvalue weighted by atomic mass is 10.0. The minimum absolute atomic E-state index is 0.0827. The van der Waals surface area contributed by atoms with E-state index in [2.05, 4.69) is 81.5 Å².